The Kier molecular flexibility index (Phi) is 8.34. The topological polar surface area (TPSA) is 55.4 Å². The molecule has 1 aliphatic carbocycles. The number of ether oxygens (including phenoxy) is 1. The van der Waals surface area contributed by atoms with Crippen LogP contribution in [0.15, 0.2) is 35.9 Å². The van der Waals surface area contributed by atoms with Gasteiger partial charge in [-0.1, -0.05) is 23.8 Å². The summed E-state index contributed by atoms with van der Waals surface area (Å²) in [6, 6.07) is 7.59. The van der Waals surface area contributed by atoms with Crippen molar-refractivity contribution in [1.82, 2.24) is 5.32 Å². The van der Waals surface area contributed by atoms with E-state index >= 15 is 0 Å². The van der Waals surface area contributed by atoms with Crippen LogP contribution < -0.4 is 5.32 Å². The lowest BCUT2D eigenvalue weighted by atomic mass is 9.97. The lowest BCUT2D eigenvalue weighted by molar-refractivity contribution is -0.129. The molecule has 152 valence electrons. The van der Waals surface area contributed by atoms with Crippen molar-refractivity contribution in [3.8, 4) is 0 Å². The minimum atomic E-state index is -0.794. The average molecular weight is 420 g/mol. The summed E-state index contributed by atoms with van der Waals surface area (Å²) in [6.45, 7) is 2.22. The van der Waals surface area contributed by atoms with Crippen LogP contribution in [0, 0.1) is 0 Å². The molecule has 2 aliphatic rings. The normalized spacial score (nSPS) is 18.8. The van der Waals surface area contributed by atoms with Crippen LogP contribution >= 0.6 is 23.5 Å². The number of hydrogen-bond acceptors (Lipinski definition) is 5. The second-order valence-corrected chi connectivity index (χ2v) is 9.97. The van der Waals surface area contributed by atoms with Gasteiger partial charge in [-0.05, 0) is 74.7 Å². The van der Waals surface area contributed by atoms with E-state index in [0.29, 0.717) is 16.7 Å². The molecule has 1 atom stereocenters. The van der Waals surface area contributed by atoms with E-state index in [2.05, 4.69) is 11.4 Å². The number of allylic oxidation sites excluding steroid dienone is 1. The second kappa shape index (κ2) is 11.0. The molecule has 6 heteroatoms. The van der Waals surface area contributed by atoms with Gasteiger partial charge in [0.1, 0.15) is 0 Å². The number of carbonyl (C=O) groups excluding carboxylic acids is 2. The summed E-state index contributed by atoms with van der Waals surface area (Å²) in [6.07, 6.45) is 8.42. The van der Waals surface area contributed by atoms with E-state index < -0.39 is 12.1 Å². The number of amides is 1. The van der Waals surface area contributed by atoms with E-state index in [1.165, 1.54) is 41.9 Å². The average Bonchev–Trinajstić information content (AvgIpc) is 2.75. The molecule has 0 radical (unpaired) electrons. The van der Waals surface area contributed by atoms with Gasteiger partial charge in [-0.15, -0.1) is 23.5 Å². The van der Waals surface area contributed by atoms with Crippen LogP contribution in [0.25, 0.3) is 0 Å². The molecule has 4 nitrogen and oxygen atoms in total. The monoisotopic (exact) mass is 419 g/mol. The quantitative estimate of drug-likeness (QED) is 0.492. The van der Waals surface area contributed by atoms with Gasteiger partial charge >= 0.3 is 5.97 Å². The number of hydrogen-bond donors (Lipinski definition) is 1. The fraction of sp³-hybridized carbons (Fsp3) is 0.545. The highest BCUT2D eigenvalue weighted by Gasteiger charge is 2.20. The van der Waals surface area contributed by atoms with Crippen LogP contribution in [-0.4, -0.2) is 36.0 Å². The Labute approximate surface area is 176 Å². The van der Waals surface area contributed by atoms with Gasteiger partial charge in [-0.25, -0.2) is 4.79 Å². The summed E-state index contributed by atoms with van der Waals surface area (Å²) >= 11 is 3.91. The number of thioether (sulfide) groups is 2. The van der Waals surface area contributed by atoms with Gasteiger partial charge in [0.2, 0.25) is 0 Å². The summed E-state index contributed by atoms with van der Waals surface area (Å²) in [5.41, 5.74) is 3.14. The fourth-order valence-electron chi connectivity index (χ4n) is 3.36. The molecular weight excluding hydrogens is 390 g/mol. The molecule has 1 aromatic rings. The molecule has 1 fully saturated rings. The first-order valence-electron chi connectivity index (χ1n) is 10.1. The molecule has 0 unspecified atom stereocenters. The molecule has 0 bridgehead atoms. The van der Waals surface area contributed by atoms with Crippen LogP contribution in [0.5, 0.6) is 0 Å². The Morgan fingerprint density at radius 2 is 1.89 bits per heavy atom. The van der Waals surface area contributed by atoms with Gasteiger partial charge in [0.05, 0.1) is 10.1 Å². The van der Waals surface area contributed by atoms with Crippen molar-refractivity contribution < 1.29 is 14.3 Å². The zero-order chi connectivity index (χ0) is 19.8. The lowest BCUT2D eigenvalue weighted by Crippen LogP contribution is -2.36. The highest BCUT2D eigenvalue weighted by molar-refractivity contribution is 8.16. The molecular formula is C22H29NO3S2. The van der Waals surface area contributed by atoms with Crippen molar-refractivity contribution in [2.75, 3.05) is 18.1 Å². The maximum absolute atomic E-state index is 12.3. The maximum Gasteiger partial charge on any atom is 0.338 e. The minimum Gasteiger partial charge on any atom is -0.449 e. The Bertz CT molecular complexity index is 696. The Morgan fingerprint density at radius 1 is 1.14 bits per heavy atom. The molecule has 0 saturated carbocycles. The Hall–Kier alpha value is -1.40. The highest BCUT2D eigenvalue weighted by Crippen LogP contribution is 2.43. The van der Waals surface area contributed by atoms with Crippen LogP contribution in [0.4, 0.5) is 0 Å². The standard InChI is InChI=1S/C22H29NO3S2/c1-16(20(24)23-13-12-17-6-3-2-4-7-17)26-21(25)18-8-10-19(11-9-18)22-27-14-5-15-28-22/h6,8-11,16,22H,2-5,7,12-15H2,1H3,(H,23,24)/t16-/m1/s1. The van der Waals surface area contributed by atoms with E-state index in [1.807, 2.05) is 35.7 Å². The van der Waals surface area contributed by atoms with Gasteiger partial charge in [-0.2, -0.15) is 0 Å². The molecule has 0 aromatic heterocycles. The SMILES string of the molecule is C[C@@H](OC(=O)c1ccc(C2SCCCS2)cc1)C(=O)NCCC1=CCCCC1. The summed E-state index contributed by atoms with van der Waals surface area (Å²) in [7, 11) is 0. The van der Waals surface area contributed by atoms with Gasteiger partial charge in [-0.3, -0.25) is 4.79 Å². The zero-order valence-corrected chi connectivity index (χ0v) is 18.1. The molecule has 1 heterocycles. The molecule has 3 rings (SSSR count). The molecule has 28 heavy (non-hydrogen) atoms. The van der Waals surface area contributed by atoms with E-state index in [-0.39, 0.29) is 5.91 Å². The zero-order valence-electron chi connectivity index (χ0n) is 16.4. The first-order chi connectivity index (χ1) is 13.6. The number of rotatable bonds is 7. The molecule has 1 aliphatic heterocycles. The predicted octanol–water partition coefficient (Wildman–Crippen LogP) is 5.11. The highest BCUT2D eigenvalue weighted by atomic mass is 32.2. The number of benzene rings is 1. The molecule has 0 spiro atoms. The summed E-state index contributed by atoms with van der Waals surface area (Å²) in [4.78, 5) is 24.5. The van der Waals surface area contributed by atoms with Gasteiger partial charge in [0, 0.05) is 6.54 Å². The van der Waals surface area contributed by atoms with Crippen LogP contribution in [0.2, 0.25) is 0 Å². The van der Waals surface area contributed by atoms with Crippen LogP contribution in [0.1, 0.15) is 66.0 Å². The van der Waals surface area contributed by atoms with Crippen molar-refractivity contribution in [2.45, 2.75) is 56.1 Å². The fourth-order valence-corrected chi connectivity index (χ4v) is 6.25. The van der Waals surface area contributed by atoms with E-state index in [1.54, 1.807) is 19.1 Å². The van der Waals surface area contributed by atoms with Gasteiger partial charge in [0.15, 0.2) is 6.10 Å². The van der Waals surface area contributed by atoms with Crippen LogP contribution in [0.3, 0.4) is 0 Å². The first kappa shape index (κ1) is 21.3. The Balaban J connectivity index is 1.43. The summed E-state index contributed by atoms with van der Waals surface area (Å²) < 4.78 is 5.80. The number of carbonyl (C=O) groups is 2. The third-order valence-corrected chi connectivity index (χ3v) is 8.04. The number of nitrogens with one attached hydrogen (secondary N) is 1. The third-order valence-electron chi connectivity index (χ3n) is 5.03. The molecule has 1 amide bonds. The van der Waals surface area contributed by atoms with E-state index in [0.717, 1.165) is 19.3 Å². The second-order valence-electron chi connectivity index (χ2n) is 7.25. The minimum absolute atomic E-state index is 0.239. The Morgan fingerprint density at radius 3 is 2.57 bits per heavy atom. The summed E-state index contributed by atoms with van der Waals surface area (Å²) in [5, 5.41) is 2.88. The predicted molar refractivity (Wildman–Crippen MR) is 118 cm³/mol. The van der Waals surface area contributed by atoms with Crippen LogP contribution in [-0.2, 0) is 9.53 Å². The molecule has 1 saturated heterocycles. The first-order valence-corrected chi connectivity index (χ1v) is 12.2. The lowest BCUT2D eigenvalue weighted by Gasteiger charge is -2.21. The maximum atomic E-state index is 12.3. The summed E-state index contributed by atoms with van der Waals surface area (Å²) in [5.74, 6) is 1.68. The number of esters is 1. The molecule has 1 N–H and O–H groups in total. The van der Waals surface area contributed by atoms with E-state index in [9.17, 15) is 9.59 Å². The third kappa shape index (κ3) is 6.31. The van der Waals surface area contributed by atoms with Crippen molar-refractivity contribution in [2.24, 2.45) is 0 Å². The van der Waals surface area contributed by atoms with Gasteiger partial charge < -0.3 is 10.1 Å². The van der Waals surface area contributed by atoms with Crippen molar-refractivity contribution >= 4 is 35.4 Å². The van der Waals surface area contributed by atoms with Crippen molar-refractivity contribution in [3.05, 3.63) is 47.0 Å². The van der Waals surface area contributed by atoms with E-state index in [4.69, 9.17) is 4.74 Å². The molecule has 1 aromatic carbocycles. The van der Waals surface area contributed by atoms with Crippen molar-refractivity contribution in [1.29, 1.82) is 0 Å². The largest absolute Gasteiger partial charge is 0.449 e. The van der Waals surface area contributed by atoms with Gasteiger partial charge in [0.25, 0.3) is 5.91 Å². The smallest absolute Gasteiger partial charge is 0.338 e. The van der Waals surface area contributed by atoms with Crippen molar-refractivity contribution in [3.63, 3.8) is 0 Å².